The summed E-state index contributed by atoms with van der Waals surface area (Å²) in [4.78, 5) is 29.3. The van der Waals surface area contributed by atoms with Crippen LogP contribution in [0.4, 0.5) is 0 Å². The number of hydrogen-bond donors (Lipinski definition) is 1. The SMILES string of the molecule is CON(C)S(=O)(=O)c1ccc(C(=O)O[C@@H](C)C(=O)NC2(C#N)CCCCC2)cc1. The monoisotopic (exact) mass is 423 g/mol. The molecule has 1 aliphatic carbocycles. The summed E-state index contributed by atoms with van der Waals surface area (Å²) in [6.45, 7) is 1.42. The lowest BCUT2D eigenvalue weighted by Crippen LogP contribution is -2.52. The second-order valence-electron chi connectivity index (χ2n) is 6.91. The van der Waals surface area contributed by atoms with Crippen LogP contribution < -0.4 is 5.32 Å². The zero-order valence-electron chi connectivity index (χ0n) is 16.7. The molecule has 158 valence electrons. The Bertz CT molecular complexity index is 886. The van der Waals surface area contributed by atoms with E-state index in [4.69, 9.17) is 9.57 Å². The number of benzene rings is 1. The molecule has 1 aromatic rings. The number of ether oxygens (including phenoxy) is 1. The van der Waals surface area contributed by atoms with Gasteiger partial charge in [0, 0.05) is 7.05 Å². The van der Waals surface area contributed by atoms with Crippen LogP contribution in [0.15, 0.2) is 29.2 Å². The van der Waals surface area contributed by atoms with Gasteiger partial charge in [-0.15, -0.1) is 0 Å². The number of nitrogens with one attached hydrogen (secondary N) is 1. The largest absolute Gasteiger partial charge is 0.449 e. The average molecular weight is 423 g/mol. The van der Waals surface area contributed by atoms with Crippen LogP contribution in [0.1, 0.15) is 49.4 Å². The van der Waals surface area contributed by atoms with Gasteiger partial charge in [-0.05, 0) is 44.0 Å². The van der Waals surface area contributed by atoms with Crippen molar-refractivity contribution in [3.63, 3.8) is 0 Å². The van der Waals surface area contributed by atoms with Crippen LogP contribution >= 0.6 is 0 Å². The van der Waals surface area contributed by atoms with Gasteiger partial charge in [-0.25, -0.2) is 13.2 Å². The van der Waals surface area contributed by atoms with Crippen LogP contribution in [0.3, 0.4) is 0 Å². The maximum absolute atomic E-state index is 12.4. The third-order valence-electron chi connectivity index (χ3n) is 4.92. The van der Waals surface area contributed by atoms with Crippen molar-refractivity contribution in [2.45, 2.75) is 55.6 Å². The summed E-state index contributed by atoms with van der Waals surface area (Å²) >= 11 is 0. The first-order chi connectivity index (χ1) is 13.6. The standard InChI is InChI=1S/C19H25N3O6S/c1-14(17(23)21-19(13-20)11-5-4-6-12-19)28-18(24)15-7-9-16(10-8-15)29(25,26)22(2)27-3/h7-10,14H,4-6,11-12H2,1-3H3,(H,21,23)/t14-/m0/s1. The molecule has 1 atom stereocenters. The van der Waals surface area contributed by atoms with Crippen LogP contribution in [-0.2, 0) is 24.4 Å². The molecule has 1 fully saturated rings. The number of nitrogens with zero attached hydrogens (tertiary/aromatic N) is 2. The summed E-state index contributed by atoms with van der Waals surface area (Å²) in [7, 11) is -1.36. The topological polar surface area (TPSA) is 126 Å². The Morgan fingerprint density at radius 1 is 1.21 bits per heavy atom. The lowest BCUT2D eigenvalue weighted by Gasteiger charge is -2.32. The highest BCUT2D eigenvalue weighted by atomic mass is 32.2. The fourth-order valence-corrected chi connectivity index (χ4v) is 4.02. The van der Waals surface area contributed by atoms with Gasteiger partial charge in [-0.3, -0.25) is 9.63 Å². The fourth-order valence-electron chi connectivity index (χ4n) is 3.05. The smallest absolute Gasteiger partial charge is 0.338 e. The second kappa shape index (κ2) is 9.35. The zero-order valence-corrected chi connectivity index (χ0v) is 17.5. The van der Waals surface area contributed by atoms with E-state index in [2.05, 4.69) is 11.4 Å². The average Bonchev–Trinajstić information content (AvgIpc) is 2.73. The summed E-state index contributed by atoms with van der Waals surface area (Å²) in [5.41, 5.74) is -0.823. The maximum atomic E-state index is 12.4. The predicted molar refractivity (Wildman–Crippen MR) is 103 cm³/mol. The van der Waals surface area contributed by atoms with Crippen molar-refractivity contribution in [1.82, 2.24) is 9.79 Å². The highest BCUT2D eigenvalue weighted by molar-refractivity contribution is 7.89. The van der Waals surface area contributed by atoms with Crippen LogP contribution in [0.2, 0.25) is 0 Å². The molecular formula is C19H25N3O6S. The predicted octanol–water partition coefficient (Wildman–Crippen LogP) is 1.76. The summed E-state index contributed by atoms with van der Waals surface area (Å²) < 4.78 is 30.2. The Kier molecular flexibility index (Phi) is 7.35. The number of sulfonamides is 1. The first-order valence-electron chi connectivity index (χ1n) is 9.22. The van der Waals surface area contributed by atoms with Crippen molar-refractivity contribution in [2.75, 3.05) is 14.2 Å². The molecule has 1 saturated carbocycles. The molecule has 0 aliphatic heterocycles. The van der Waals surface area contributed by atoms with Crippen molar-refractivity contribution in [2.24, 2.45) is 0 Å². The Labute approximate surface area is 170 Å². The molecule has 0 aromatic heterocycles. The Morgan fingerprint density at radius 3 is 2.31 bits per heavy atom. The third-order valence-corrected chi connectivity index (χ3v) is 6.61. The highest BCUT2D eigenvalue weighted by Crippen LogP contribution is 2.27. The van der Waals surface area contributed by atoms with Gasteiger partial charge in [-0.2, -0.15) is 5.26 Å². The highest BCUT2D eigenvalue weighted by Gasteiger charge is 2.35. The number of carbonyl (C=O) groups is 2. The van der Waals surface area contributed by atoms with Crippen LogP contribution in [0, 0.1) is 11.3 Å². The summed E-state index contributed by atoms with van der Waals surface area (Å²) in [5.74, 6) is -1.31. The van der Waals surface area contributed by atoms with E-state index in [-0.39, 0.29) is 10.5 Å². The minimum Gasteiger partial charge on any atom is -0.449 e. The number of rotatable bonds is 7. The number of hydroxylamine groups is 1. The lowest BCUT2D eigenvalue weighted by atomic mass is 9.83. The zero-order chi connectivity index (χ0) is 21.7. The van der Waals surface area contributed by atoms with Crippen LogP contribution in [0.25, 0.3) is 0 Å². The molecular weight excluding hydrogens is 398 g/mol. The van der Waals surface area contributed by atoms with Gasteiger partial charge in [0.1, 0.15) is 5.54 Å². The first kappa shape index (κ1) is 22.8. The summed E-state index contributed by atoms with van der Waals surface area (Å²) in [6.07, 6.45) is 2.78. The third kappa shape index (κ3) is 5.32. The van der Waals surface area contributed by atoms with E-state index in [9.17, 15) is 23.3 Å². The molecule has 29 heavy (non-hydrogen) atoms. The Balaban J connectivity index is 2.02. The van der Waals surface area contributed by atoms with E-state index in [1.54, 1.807) is 0 Å². The van der Waals surface area contributed by atoms with Gasteiger partial charge in [0.05, 0.1) is 23.6 Å². The molecule has 0 radical (unpaired) electrons. The van der Waals surface area contributed by atoms with Gasteiger partial charge in [-0.1, -0.05) is 23.7 Å². The number of amides is 1. The van der Waals surface area contributed by atoms with E-state index in [1.165, 1.54) is 45.3 Å². The van der Waals surface area contributed by atoms with Gasteiger partial charge in [0.15, 0.2) is 6.10 Å². The Hall–Kier alpha value is -2.48. The number of carbonyl (C=O) groups excluding carboxylic acids is 2. The Morgan fingerprint density at radius 2 is 1.79 bits per heavy atom. The van der Waals surface area contributed by atoms with E-state index in [1.807, 2.05) is 0 Å². The first-order valence-corrected chi connectivity index (χ1v) is 10.7. The van der Waals surface area contributed by atoms with Crippen molar-refractivity contribution in [3.05, 3.63) is 29.8 Å². The molecule has 1 N–H and O–H groups in total. The molecule has 1 aromatic carbocycles. The minimum absolute atomic E-state index is 0.0579. The van der Waals surface area contributed by atoms with E-state index in [0.29, 0.717) is 17.3 Å². The summed E-state index contributed by atoms with van der Waals surface area (Å²) in [5, 5.41) is 12.2. The number of esters is 1. The molecule has 1 aliphatic rings. The molecule has 0 unspecified atom stereocenters. The molecule has 0 heterocycles. The van der Waals surface area contributed by atoms with E-state index < -0.39 is 33.5 Å². The molecule has 10 heteroatoms. The van der Waals surface area contributed by atoms with Crippen molar-refractivity contribution < 1.29 is 27.6 Å². The van der Waals surface area contributed by atoms with Gasteiger partial charge in [0.2, 0.25) is 0 Å². The fraction of sp³-hybridized carbons (Fsp3) is 0.526. The number of hydrogen-bond acceptors (Lipinski definition) is 7. The van der Waals surface area contributed by atoms with Gasteiger partial charge < -0.3 is 10.1 Å². The van der Waals surface area contributed by atoms with Crippen LogP contribution in [0.5, 0.6) is 0 Å². The molecule has 1 amide bonds. The molecule has 0 bridgehead atoms. The van der Waals surface area contributed by atoms with Crippen LogP contribution in [-0.4, -0.2) is 50.6 Å². The van der Waals surface area contributed by atoms with Crippen molar-refractivity contribution >= 4 is 21.9 Å². The van der Waals surface area contributed by atoms with Crippen molar-refractivity contribution in [3.8, 4) is 6.07 Å². The quantitative estimate of drug-likeness (QED) is 0.523. The van der Waals surface area contributed by atoms with E-state index in [0.717, 1.165) is 19.3 Å². The minimum atomic E-state index is -3.83. The van der Waals surface area contributed by atoms with Gasteiger partial charge in [0.25, 0.3) is 15.9 Å². The van der Waals surface area contributed by atoms with Gasteiger partial charge >= 0.3 is 5.97 Å². The molecule has 9 nitrogen and oxygen atoms in total. The molecule has 0 spiro atoms. The second-order valence-corrected chi connectivity index (χ2v) is 8.85. The lowest BCUT2D eigenvalue weighted by molar-refractivity contribution is -0.130. The van der Waals surface area contributed by atoms with E-state index >= 15 is 0 Å². The summed E-state index contributed by atoms with van der Waals surface area (Å²) in [6, 6.07) is 7.26. The normalized spacial score (nSPS) is 17.2. The number of nitriles is 1. The van der Waals surface area contributed by atoms with Crippen molar-refractivity contribution in [1.29, 1.82) is 5.26 Å². The molecule has 2 rings (SSSR count). The molecule has 0 saturated heterocycles. The maximum Gasteiger partial charge on any atom is 0.338 e.